The van der Waals surface area contributed by atoms with Crippen molar-refractivity contribution in [2.75, 3.05) is 13.2 Å². The molecule has 0 aromatic heterocycles. The normalized spacial score (nSPS) is 9.43. The number of aliphatic hydroxyl groups is 3. The van der Waals surface area contributed by atoms with E-state index in [1.165, 1.54) is 0 Å². The second-order valence-corrected chi connectivity index (χ2v) is 3.69. The van der Waals surface area contributed by atoms with Crippen LogP contribution in [0, 0.1) is 10.1 Å². The Morgan fingerprint density at radius 1 is 1.05 bits per heavy atom. The van der Waals surface area contributed by atoms with E-state index >= 15 is 0 Å². The van der Waals surface area contributed by atoms with E-state index < -0.39 is 41.0 Å². The van der Waals surface area contributed by atoms with Crippen LogP contribution in [0.25, 0.3) is 5.76 Å². The third-order valence-corrected chi connectivity index (χ3v) is 2.43. The van der Waals surface area contributed by atoms with Gasteiger partial charge in [0.15, 0.2) is 11.6 Å². The van der Waals surface area contributed by atoms with Gasteiger partial charge < -0.3 is 15.3 Å². The van der Waals surface area contributed by atoms with Crippen LogP contribution in [0.4, 0.5) is 5.69 Å². The van der Waals surface area contributed by atoms with Crippen LogP contribution in [0.15, 0.2) is 29.8 Å². The number of hydrogen-bond acceptors (Lipinski definition) is 7. The number of nitro groups is 1. The molecule has 0 fully saturated rings. The molecule has 0 heterocycles. The number of hydrogen-bond donors (Lipinski definition) is 3. The van der Waals surface area contributed by atoms with Crippen LogP contribution in [0.5, 0.6) is 0 Å². The molecule has 0 saturated carbocycles. The molecule has 0 atom stereocenters. The fraction of sp³-hybridized carbons (Fsp3) is 0.167. The summed E-state index contributed by atoms with van der Waals surface area (Å²) >= 11 is 0. The van der Waals surface area contributed by atoms with Crippen molar-refractivity contribution in [3.05, 3.63) is 45.5 Å². The summed E-state index contributed by atoms with van der Waals surface area (Å²) in [6.45, 7) is -2.03. The van der Waals surface area contributed by atoms with Gasteiger partial charge in [-0.15, -0.1) is 0 Å². The number of nitrogens with zero attached hydrogens (tertiary/aromatic N) is 1. The molecule has 0 aliphatic carbocycles. The molecule has 8 nitrogen and oxygen atoms in total. The number of Topliss-reactive ketones (excluding diaryl/α,β-unsaturated/α-hetero) is 2. The third kappa shape index (κ3) is 4.47. The third-order valence-electron chi connectivity index (χ3n) is 2.43. The Hall–Kier alpha value is -2.06. The zero-order valence-electron chi connectivity index (χ0n) is 10.4. The Labute approximate surface area is 129 Å². The van der Waals surface area contributed by atoms with Gasteiger partial charge >= 0.3 is 0 Å². The van der Waals surface area contributed by atoms with Crippen LogP contribution in [-0.2, 0) is 26.7 Å². The predicted octanol–water partition coefficient (Wildman–Crippen LogP) is -0.0158. The first-order chi connectivity index (χ1) is 9.42. The van der Waals surface area contributed by atoms with Gasteiger partial charge in [0, 0.05) is 34.8 Å². The summed E-state index contributed by atoms with van der Waals surface area (Å²) in [6, 6.07) is 4.44. The van der Waals surface area contributed by atoms with Crippen molar-refractivity contribution in [3.63, 3.8) is 0 Å². The number of benzene rings is 1. The van der Waals surface area contributed by atoms with Crippen LogP contribution in [0.1, 0.15) is 5.56 Å². The molecule has 0 aliphatic heterocycles. The van der Waals surface area contributed by atoms with Gasteiger partial charge in [0.05, 0.1) is 4.92 Å². The Bertz CT molecular complexity index is 562. The van der Waals surface area contributed by atoms with Gasteiger partial charge in [-0.1, -0.05) is 0 Å². The SMILES string of the molecule is O=C(CO)C(C(=O)CO)=C(O)c1ccc([N+](=O)[O-])cc1.[Cu]. The summed E-state index contributed by atoms with van der Waals surface area (Å²) in [5, 5.41) is 37.8. The van der Waals surface area contributed by atoms with E-state index in [9.17, 15) is 24.8 Å². The maximum Gasteiger partial charge on any atom is 0.269 e. The summed E-state index contributed by atoms with van der Waals surface area (Å²) in [5.41, 5.74) is -0.997. The fourth-order valence-corrected chi connectivity index (χ4v) is 1.46. The van der Waals surface area contributed by atoms with E-state index in [1.807, 2.05) is 0 Å². The molecule has 0 saturated heterocycles. The van der Waals surface area contributed by atoms with Gasteiger partial charge in [0.1, 0.15) is 24.5 Å². The Morgan fingerprint density at radius 3 is 1.81 bits per heavy atom. The zero-order chi connectivity index (χ0) is 15.3. The van der Waals surface area contributed by atoms with E-state index in [1.54, 1.807) is 0 Å². The monoisotopic (exact) mass is 344 g/mol. The van der Waals surface area contributed by atoms with Crippen LogP contribution in [-0.4, -0.2) is 45.0 Å². The molecular formula is C12H11CuNO7. The average molecular weight is 345 g/mol. The van der Waals surface area contributed by atoms with Crippen molar-refractivity contribution in [1.82, 2.24) is 0 Å². The zero-order valence-corrected chi connectivity index (χ0v) is 11.4. The van der Waals surface area contributed by atoms with Gasteiger partial charge in [0.25, 0.3) is 5.69 Å². The Morgan fingerprint density at radius 2 is 1.48 bits per heavy atom. The number of rotatable bonds is 6. The van der Waals surface area contributed by atoms with Gasteiger partial charge in [-0.3, -0.25) is 19.7 Å². The molecule has 1 aromatic rings. The Kier molecular flexibility index (Phi) is 7.46. The molecule has 3 N–H and O–H groups in total. The van der Waals surface area contributed by atoms with Crippen molar-refractivity contribution in [1.29, 1.82) is 0 Å². The first-order valence-electron chi connectivity index (χ1n) is 5.38. The van der Waals surface area contributed by atoms with E-state index in [-0.39, 0.29) is 28.3 Å². The minimum atomic E-state index is -1.06. The van der Waals surface area contributed by atoms with Crippen molar-refractivity contribution in [3.8, 4) is 0 Å². The van der Waals surface area contributed by atoms with Crippen LogP contribution >= 0.6 is 0 Å². The molecule has 1 aromatic carbocycles. The molecule has 0 bridgehead atoms. The van der Waals surface area contributed by atoms with Gasteiger partial charge in [-0.25, -0.2) is 0 Å². The molecule has 1 rings (SSSR count). The van der Waals surface area contributed by atoms with Crippen LogP contribution in [0.3, 0.4) is 0 Å². The molecule has 117 valence electrons. The Balaban J connectivity index is 0.00000400. The topological polar surface area (TPSA) is 138 Å². The quantitative estimate of drug-likeness (QED) is 0.125. The fourth-order valence-electron chi connectivity index (χ4n) is 1.46. The second kappa shape index (κ2) is 8.28. The summed E-state index contributed by atoms with van der Waals surface area (Å²) < 4.78 is 0. The maximum atomic E-state index is 11.4. The van der Waals surface area contributed by atoms with Crippen molar-refractivity contribution < 1.29 is 46.9 Å². The predicted molar refractivity (Wildman–Crippen MR) is 66.8 cm³/mol. The summed E-state index contributed by atoms with van der Waals surface area (Å²) in [7, 11) is 0. The molecule has 0 spiro atoms. The summed E-state index contributed by atoms with van der Waals surface area (Å²) in [4.78, 5) is 32.6. The molecular weight excluding hydrogens is 334 g/mol. The standard InChI is InChI=1S/C12H11NO7.Cu/c14-5-9(16)11(10(17)6-15)12(18)7-1-3-8(4-2-7)13(19)20;/h1-4,14-15,18H,5-6H2;. The smallest absolute Gasteiger partial charge is 0.269 e. The first-order valence-corrected chi connectivity index (χ1v) is 5.38. The largest absolute Gasteiger partial charge is 0.506 e. The van der Waals surface area contributed by atoms with E-state index in [0.29, 0.717) is 0 Å². The molecule has 1 radical (unpaired) electrons. The van der Waals surface area contributed by atoms with Crippen molar-refractivity contribution >= 4 is 23.0 Å². The van der Waals surface area contributed by atoms with E-state index in [2.05, 4.69) is 0 Å². The first kappa shape index (κ1) is 18.9. The van der Waals surface area contributed by atoms with Gasteiger partial charge in [0.2, 0.25) is 0 Å². The van der Waals surface area contributed by atoms with E-state index in [0.717, 1.165) is 24.3 Å². The molecule has 9 heteroatoms. The van der Waals surface area contributed by atoms with Crippen molar-refractivity contribution in [2.24, 2.45) is 0 Å². The number of carbonyl (C=O) groups excluding carboxylic acids is 2. The molecule has 0 amide bonds. The van der Waals surface area contributed by atoms with Crippen LogP contribution < -0.4 is 0 Å². The van der Waals surface area contributed by atoms with Gasteiger partial charge in [-0.05, 0) is 12.1 Å². The molecule has 0 aliphatic rings. The summed E-state index contributed by atoms with van der Waals surface area (Å²) in [5.74, 6) is -2.86. The average Bonchev–Trinajstić information content (AvgIpc) is 2.46. The number of nitro benzene ring substituents is 1. The number of aliphatic hydroxyl groups excluding tert-OH is 3. The number of non-ortho nitro benzene ring substituents is 1. The second-order valence-electron chi connectivity index (χ2n) is 3.69. The van der Waals surface area contributed by atoms with Crippen molar-refractivity contribution in [2.45, 2.75) is 0 Å². The molecule has 21 heavy (non-hydrogen) atoms. The van der Waals surface area contributed by atoms with Gasteiger partial charge in [-0.2, -0.15) is 0 Å². The van der Waals surface area contributed by atoms with Crippen LogP contribution in [0.2, 0.25) is 0 Å². The minimum absolute atomic E-state index is 0. The molecule has 0 unspecified atom stereocenters. The minimum Gasteiger partial charge on any atom is -0.506 e. The maximum absolute atomic E-state index is 11.4. The number of carbonyl (C=O) groups is 2. The van der Waals surface area contributed by atoms with E-state index in [4.69, 9.17) is 10.2 Å². The summed E-state index contributed by atoms with van der Waals surface area (Å²) in [6.07, 6.45) is 0. The number of ketones is 2.